The lowest BCUT2D eigenvalue weighted by molar-refractivity contribution is -0.137. The van der Waals surface area contributed by atoms with Gasteiger partial charge in [0.1, 0.15) is 6.04 Å². The van der Waals surface area contributed by atoms with Crippen LogP contribution >= 0.6 is 0 Å². The van der Waals surface area contributed by atoms with Crippen LogP contribution in [0.3, 0.4) is 0 Å². The summed E-state index contributed by atoms with van der Waals surface area (Å²) in [6, 6.07) is 1.30. The van der Waals surface area contributed by atoms with Crippen LogP contribution in [-0.4, -0.2) is 52.3 Å². The molecular formula is C16H22N6O2. The Morgan fingerprint density at radius 3 is 2.75 bits per heavy atom. The molecule has 2 heterocycles. The minimum atomic E-state index is -0.450. The highest BCUT2D eigenvalue weighted by Crippen LogP contribution is 2.35. The molecular weight excluding hydrogens is 308 g/mol. The predicted octanol–water partition coefficient (Wildman–Crippen LogP) is 0.984. The van der Waals surface area contributed by atoms with Crippen molar-refractivity contribution in [1.29, 1.82) is 0 Å². The molecule has 0 bridgehead atoms. The van der Waals surface area contributed by atoms with Gasteiger partial charge in [-0.1, -0.05) is 0 Å². The van der Waals surface area contributed by atoms with Crippen LogP contribution in [0.5, 0.6) is 0 Å². The van der Waals surface area contributed by atoms with E-state index in [0.29, 0.717) is 25.8 Å². The molecule has 1 aliphatic rings. The number of carbonyl (C=O) groups excluding carboxylic acids is 2. The average Bonchev–Trinajstić information content (AvgIpc) is 3.11. The number of hydrogen-bond acceptors (Lipinski definition) is 5. The summed E-state index contributed by atoms with van der Waals surface area (Å²) >= 11 is 0. The molecule has 2 rings (SSSR count). The fourth-order valence-electron chi connectivity index (χ4n) is 2.36. The molecule has 1 aliphatic heterocycles. The van der Waals surface area contributed by atoms with Crippen LogP contribution in [0.15, 0.2) is 28.7 Å². The van der Waals surface area contributed by atoms with Crippen molar-refractivity contribution in [2.75, 3.05) is 20.1 Å². The molecule has 8 heteroatoms. The van der Waals surface area contributed by atoms with Crippen molar-refractivity contribution in [2.24, 2.45) is 10.2 Å². The molecule has 1 unspecified atom stereocenters. The molecule has 0 aromatic carbocycles. The van der Waals surface area contributed by atoms with E-state index in [9.17, 15) is 9.59 Å². The van der Waals surface area contributed by atoms with E-state index in [-0.39, 0.29) is 18.4 Å². The first-order valence-corrected chi connectivity index (χ1v) is 7.86. The SMILES string of the molecule is C#CCCC1(CCNC(=O)CN(C)C(=O)C(C)n2cccn2)N=N1. The van der Waals surface area contributed by atoms with Crippen molar-refractivity contribution in [3.8, 4) is 12.3 Å². The monoisotopic (exact) mass is 330 g/mol. The Morgan fingerprint density at radius 2 is 2.17 bits per heavy atom. The van der Waals surface area contributed by atoms with Crippen LogP contribution in [0, 0.1) is 12.3 Å². The van der Waals surface area contributed by atoms with Crippen molar-refractivity contribution in [3.05, 3.63) is 18.5 Å². The number of hydrogen-bond donors (Lipinski definition) is 1. The van der Waals surface area contributed by atoms with Crippen LogP contribution in [0.1, 0.15) is 32.2 Å². The van der Waals surface area contributed by atoms with Crippen LogP contribution in [-0.2, 0) is 9.59 Å². The summed E-state index contributed by atoms with van der Waals surface area (Å²) in [7, 11) is 1.60. The molecule has 24 heavy (non-hydrogen) atoms. The van der Waals surface area contributed by atoms with Crippen LogP contribution in [0.4, 0.5) is 0 Å². The average molecular weight is 330 g/mol. The van der Waals surface area contributed by atoms with E-state index in [0.717, 1.165) is 0 Å². The van der Waals surface area contributed by atoms with Gasteiger partial charge in [0.05, 0.1) is 6.54 Å². The summed E-state index contributed by atoms with van der Waals surface area (Å²) in [6.07, 6.45) is 10.5. The van der Waals surface area contributed by atoms with E-state index >= 15 is 0 Å². The van der Waals surface area contributed by atoms with Gasteiger partial charge in [-0.05, 0) is 13.0 Å². The molecule has 0 saturated heterocycles. The number of nitrogens with one attached hydrogen (secondary N) is 1. The lowest BCUT2D eigenvalue weighted by Crippen LogP contribution is -2.41. The molecule has 1 aromatic rings. The highest BCUT2D eigenvalue weighted by molar-refractivity contribution is 5.86. The fourth-order valence-corrected chi connectivity index (χ4v) is 2.36. The normalized spacial score (nSPS) is 15.4. The van der Waals surface area contributed by atoms with Crippen molar-refractivity contribution in [2.45, 2.75) is 37.9 Å². The highest BCUT2D eigenvalue weighted by Gasteiger charge is 2.38. The summed E-state index contributed by atoms with van der Waals surface area (Å²) in [5.41, 5.74) is -0.407. The lowest BCUT2D eigenvalue weighted by Gasteiger charge is -2.21. The van der Waals surface area contributed by atoms with Crippen molar-refractivity contribution in [1.82, 2.24) is 20.0 Å². The fraction of sp³-hybridized carbons (Fsp3) is 0.562. The van der Waals surface area contributed by atoms with Gasteiger partial charge < -0.3 is 10.2 Å². The van der Waals surface area contributed by atoms with E-state index in [4.69, 9.17) is 6.42 Å². The topological polar surface area (TPSA) is 92.0 Å². The minimum absolute atomic E-state index is 0.00389. The smallest absolute Gasteiger partial charge is 0.247 e. The number of aromatic nitrogens is 2. The van der Waals surface area contributed by atoms with E-state index in [1.807, 2.05) is 0 Å². The number of nitrogens with zero attached hydrogens (tertiary/aromatic N) is 5. The Kier molecular flexibility index (Phi) is 5.68. The second kappa shape index (κ2) is 7.73. The highest BCUT2D eigenvalue weighted by atomic mass is 16.2. The second-order valence-electron chi connectivity index (χ2n) is 5.84. The Balaban J connectivity index is 1.70. The van der Waals surface area contributed by atoms with Gasteiger partial charge in [0.2, 0.25) is 11.8 Å². The molecule has 0 radical (unpaired) electrons. The minimum Gasteiger partial charge on any atom is -0.354 e. The Bertz CT molecular complexity index is 640. The number of terminal acetylenes is 1. The quantitative estimate of drug-likeness (QED) is 0.684. The van der Waals surface area contributed by atoms with E-state index < -0.39 is 11.7 Å². The maximum absolute atomic E-state index is 12.3. The van der Waals surface area contributed by atoms with E-state index in [2.05, 4.69) is 26.6 Å². The predicted molar refractivity (Wildman–Crippen MR) is 87.9 cm³/mol. The second-order valence-corrected chi connectivity index (χ2v) is 5.84. The van der Waals surface area contributed by atoms with Gasteiger partial charge in [-0.15, -0.1) is 12.3 Å². The van der Waals surface area contributed by atoms with Crippen molar-refractivity contribution < 1.29 is 9.59 Å². The third kappa shape index (κ3) is 4.65. The maximum Gasteiger partial charge on any atom is 0.247 e. The van der Waals surface area contributed by atoms with Crippen molar-refractivity contribution in [3.63, 3.8) is 0 Å². The first-order chi connectivity index (χ1) is 11.5. The Hall–Kier alpha value is -2.69. The molecule has 0 spiro atoms. The molecule has 0 fully saturated rings. The van der Waals surface area contributed by atoms with Gasteiger partial charge in [-0.3, -0.25) is 14.3 Å². The first-order valence-electron chi connectivity index (χ1n) is 7.86. The number of carbonyl (C=O) groups is 2. The Labute approximate surface area is 141 Å². The zero-order chi connectivity index (χ0) is 17.6. The largest absolute Gasteiger partial charge is 0.354 e. The molecule has 8 nitrogen and oxygen atoms in total. The van der Waals surface area contributed by atoms with Gasteiger partial charge in [0, 0.05) is 45.2 Å². The number of amides is 2. The third-order valence-electron chi connectivity index (χ3n) is 3.94. The standard InChI is InChI=1S/C16H22N6O2/c1-4-5-7-16(19-20-16)8-10-17-14(23)12-21(3)15(24)13(2)22-11-6-9-18-22/h1,6,9,11,13H,5,7-8,10,12H2,2-3H3,(H,17,23). The van der Waals surface area contributed by atoms with Crippen LogP contribution in [0.25, 0.3) is 0 Å². The lowest BCUT2D eigenvalue weighted by atomic mass is 10.0. The molecule has 2 amide bonds. The zero-order valence-corrected chi connectivity index (χ0v) is 14.0. The molecule has 0 saturated carbocycles. The summed E-state index contributed by atoms with van der Waals surface area (Å²) in [6.45, 7) is 2.19. The third-order valence-corrected chi connectivity index (χ3v) is 3.94. The van der Waals surface area contributed by atoms with Gasteiger partial charge in [0.15, 0.2) is 5.66 Å². The number of rotatable bonds is 9. The van der Waals surface area contributed by atoms with Crippen molar-refractivity contribution >= 4 is 11.8 Å². The number of likely N-dealkylation sites (N-methyl/N-ethyl adjacent to an activating group) is 1. The summed E-state index contributed by atoms with van der Waals surface area (Å²) in [4.78, 5) is 25.6. The van der Waals surface area contributed by atoms with Crippen LogP contribution in [0.2, 0.25) is 0 Å². The molecule has 128 valence electrons. The summed E-state index contributed by atoms with van der Waals surface area (Å²) in [5, 5.41) is 14.9. The summed E-state index contributed by atoms with van der Waals surface area (Å²) < 4.78 is 1.56. The first kappa shape index (κ1) is 17.7. The maximum atomic E-state index is 12.3. The van der Waals surface area contributed by atoms with Gasteiger partial charge in [-0.2, -0.15) is 15.3 Å². The zero-order valence-electron chi connectivity index (χ0n) is 14.0. The summed E-state index contributed by atoms with van der Waals surface area (Å²) in [5.74, 6) is 2.17. The molecule has 1 atom stereocenters. The van der Waals surface area contributed by atoms with Gasteiger partial charge in [-0.25, -0.2) is 0 Å². The van der Waals surface area contributed by atoms with E-state index in [1.165, 1.54) is 4.90 Å². The Morgan fingerprint density at radius 1 is 1.42 bits per heavy atom. The molecule has 1 N–H and O–H groups in total. The molecule has 1 aromatic heterocycles. The van der Waals surface area contributed by atoms with Crippen LogP contribution < -0.4 is 5.32 Å². The van der Waals surface area contributed by atoms with Gasteiger partial charge in [0.25, 0.3) is 0 Å². The molecule has 0 aliphatic carbocycles. The van der Waals surface area contributed by atoms with Gasteiger partial charge >= 0.3 is 0 Å². The van der Waals surface area contributed by atoms with E-state index in [1.54, 1.807) is 37.1 Å².